The van der Waals surface area contributed by atoms with Crippen molar-refractivity contribution in [2.45, 2.75) is 41.5 Å². The van der Waals surface area contributed by atoms with E-state index in [-0.39, 0.29) is 27.1 Å². The molecule has 0 saturated carbocycles. The maximum Gasteiger partial charge on any atom is 3.00 e. The quantitative estimate of drug-likeness (QED) is 0.537. The Bertz CT molecular complexity index is 301. The van der Waals surface area contributed by atoms with Crippen LogP contribution < -0.4 is 10.2 Å². The van der Waals surface area contributed by atoms with Crippen molar-refractivity contribution in [3.8, 4) is 0 Å². The fraction of sp³-hybridized carbons (Fsp3) is 0.643. The van der Waals surface area contributed by atoms with Crippen molar-refractivity contribution in [3.05, 3.63) is 22.8 Å². The first-order valence-corrected chi connectivity index (χ1v) is 5.49. The van der Waals surface area contributed by atoms with E-state index in [4.69, 9.17) is 20.1 Å². The second kappa shape index (κ2) is 14.0. The summed E-state index contributed by atoms with van der Waals surface area (Å²) in [6.07, 6.45) is 3.44. The maximum absolute atomic E-state index is 9.00. The largest absolute Gasteiger partial charge is 3.00 e. The second-order valence-corrected chi connectivity index (χ2v) is 4.14. The molecule has 0 unspecified atom stereocenters. The molecule has 0 atom stereocenters. The topological polar surface area (TPSA) is 83.4 Å². The van der Waals surface area contributed by atoms with E-state index >= 15 is 0 Å². The van der Waals surface area contributed by atoms with Gasteiger partial charge in [-0.05, 0) is 0 Å². The zero-order chi connectivity index (χ0) is 15.5. The number of allylic oxidation sites excluding steroid dienone is 4. The van der Waals surface area contributed by atoms with Gasteiger partial charge in [0.15, 0.2) is 0 Å². The number of carboxylic acid groups (broad SMARTS) is 1. The van der Waals surface area contributed by atoms with Crippen molar-refractivity contribution >= 4 is 5.97 Å². The summed E-state index contributed by atoms with van der Waals surface area (Å²) < 4.78 is 0. The van der Waals surface area contributed by atoms with Gasteiger partial charge in [0, 0.05) is 6.92 Å². The van der Waals surface area contributed by atoms with E-state index in [0.717, 1.165) is 21.1 Å². The minimum absolute atomic E-state index is 0. The Morgan fingerprint density at radius 2 is 1.37 bits per heavy atom. The van der Waals surface area contributed by atoms with E-state index in [2.05, 4.69) is 40.7 Å². The predicted octanol–water partition coefficient (Wildman–Crippen LogP) is 1.15. The Kier molecular flexibility index (Phi) is 19.9. The number of carbonyl (C=O) groups is 1. The summed E-state index contributed by atoms with van der Waals surface area (Å²) in [5.74, 6) is -0.833. The number of aliphatic carboxylic acids is 1. The molecule has 19 heavy (non-hydrogen) atoms. The Hall–Kier alpha value is -0.416. The van der Waals surface area contributed by atoms with Crippen LogP contribution in [0.3, 0.4) is 0 Å². The summed E-state index contributed by atoms with van der Waals surface area (Å²) in [5.41, 5.74) is 4.39. The SMILES string of the molecule is CC(=O)O.CC1=[C-]C(C)(C)C(C)=C1C.C[O-].C[O-].[Ti+3]. The Morgan fingerprint density at radius 3 is 1.42 bits per heavy atom. The van der Waals surface area contributed by atoms with Crippen LogP contribution >= 0.6 is 0 Å². The van der Waals surface area contributed by atoms with Gasteiger partial charge in [0.2, 0.25) is 0 Å². The summed E-state index contributed by atoms with van der Waals surface area (Å²) in [5, 5.41) is 23.9. The summed E-state index contributed by atoms with van der Waals surface area (Å²) in [4.78, 5) is 9.00. The van der Waals surface area contributed by atoms with E-state index in [1.807, 2.05) is 0 Å². The van der Waals surface area contributed by atoms with E-state index in [9.17, 15) is 0 Å². The molecule has 109 valence electrons. The molecule has 0 aliphatic heterocycles. The zero-order valence-corrected chi connectivity index (χ0v) is 14.7. The van der Waals surface area contributed by atoms with Crippen molar-refractivity contribution in [2.24, 2.45) is 5.41 Å². The van der Waals surface area contributed by atoms with Gasteiger partial charge in [0.1, 0.15) is 0 Å². The molecule has 0 heterocycles. The van der Waals surface area contributed by atoms with Gasteiger partial charge < -0.3 is 15.3 Å². The molecule has 0 aromatic carbocycles. The molecule has 0 spiro atoms. The smallest absolute Gasteiger partial charge is 0.857 e. The number of hydrogen-bond donors (Lipinski definition) is 1. The Balaban J connectivity index is -0.000000107. The molecular weight excluding hydrogens is 280 g/mol. The zero-order valence-electron chi connectivity index (χ0n) is 13.2. The van der Waals surface area contributed by atoms with Gasteiger partial charge >= 0.3 is 21.7 Å². The predicted molar refractivity (Wildman–Crippen MR) is 69.7 cm³/mol. The minimum atomic E-state index is -0.833. The third kappa shape index (κ3) is 12.4. The molecule has 0 bridgehead atoms. The third-order valence-electron chi connectivity index (χ3n) is 2.56. The molecule has 0 saturated heterocycles. The Morgan fingerprint density at radius 1 is 1.11 bits per heavy atom. The average Bonchev–Trinajstić information content (AvgIpc) is 2.47. The van der Waals surface area contributed by atoms with Gasteiger partial charge in [-0.3, -0.25) is 10.9 Å². The van der Waals surface area contributed by atoms with Crippen LogP contribution in [0.15, 0.2) is 16.7 Å². The van der Waals surface area contributed by atoms with Gasteiger partial charge in [-0.15, -0.1) is 6.92 Å². The molecule has 0 amide bonds. The standard InChI is InChI=1S/C10H15.C2H4O2.2CH3O.Ti/c1-7-6-10(4,5)9(3)8(7)2;1-2(3)4;2*1-2;/h1-5H3;1H3,(H,3,4);2*1H3;/q-1;;2*-1;+3. The molecule has 1 rings (SSSR count). The molecule has 0 aromatic rings. The molecule has 1 aliphatic carbocycles. The van der Waals surface area contributed by atoms with Gasteiger partial charge in [0.25, 0.3) is 5.97 Å². The molecule has 4 nitrogen and oxygen atoms in total. The van der Waals surface area contributed by atoms with Gasteiger partial charge in [-0.2, -0.15) is 25.4 Å². The molecule has 0 fully saturated rings. The van der Waals surface area contributed by atoms with Gasteiger partial charge in [0.05, 0.1) is 0 Å². The van der Waals surface area contributed by atoms with Crippen LogP contribution in [0.2, 0.25) is 0 Å². The minimum Gasteiger partial charge on any atom is -0.857 e. The maximum atomic E-state index is 9.00. The van der Waals surface area contributed by atoms with Crippen LogP contribution in [0.4, 0.5) is 0 Å². The summed E-state index contributed by atoms with van der Waals surface area (Å²) >= 11 is 0. The second-order valence-electron chi connectivity index (χ2n) is 4.14. The number of rotatable bonds is 0. The van der Waals surface area contributed by atoms with Crippen LogP contribution in [0.25, 0.3) is 0 Å². The van der Waals surface area contributed by atoms with E-state index < -0.39 is 5.97 Å². The van der Waals surface area contributed by atoms with E-state index in [1.54, 1.807) is 0 Å². The normalized spacial score (nSPS) is 14.3. The van der Waals surface area contributed by atoms with Gasteiger partial charge in [-0.25, -0.2) is 5.57 Å². The fourth-order valence-corrected chi connectivity index (χ4v) is 1.41. The van der Waals surface area contributed by atoms with Crippen LogP contribution in [0, 0.1) is 11.5 Å². The molecular formula is C14H25O4Ti. The molecule has 1 aliphatic rings. The van der Waals surface area contributed by atoms with Crippen LogP contribution in [0.1, 0.15) is 41.5 Å². The molecule has 0 aromatic heterocycles. The van der Waals surface area contributed by atoms with Crippen LogP contribution in [-0.2, 0) is 26.5 Å². The molecule has 1 radical (unpaired) electrons. The number of carboxylic acids is 1. The molecule has 1 N–H and O–H groups in total. The first kappa shape index (κ1) is 27.0. The van der Waals surface area contributed by atoms with Crippen molar-refractivity contribution < 1.29 is 41.8 Å². The first-order chi connectivity index (χ1) is 8.18. The fourth-order valence-electron chi connectivity index (χ4n) is 1.41. The van der Waals surface area contributed by atoms with Crippen molar-refractivity contribution in [1.29, 1.82) is 0 Å². The Labute approximate surface area is 132 Å². The molecule has 5 heteroatoms. The third-order valence-corrected chi connectivity index (χ3v) is 2.56. The number of hydrogen-bond acceptors (Lipinski definition) is 3. The van der Waals surface area contributed by atoms with Crippen molar-refractivity contribution in [2.75, 3.05) is 14.2 Å². The van der Waals surface area contributed by atoms with Crippen molar-refractivity contribution in [3.63, 3.8) is 0 Å². The summed E-state index contributed by atoms with van der Waals surface area (Å²) in [6, 6.07) is 0. The average molecular weight is 305 g/mol. The van der Waals surface area contributed by atoms with E-state index in [1.165, 1.54) is 16.7 Å². The van der Waals surface area contributed by atoms with Gasteiger partial charge in [-0.1, -0.05) is 33.1 Å². The van der Waals surface area contributed by atoms with Crippen LogP contribution in [-0.4, -0.2) is 25.3 Å². The van der Waals surface area contributed by atoms with Crippen LogP contribution in [0.5, 0.6) is 0 Å². The van der Waals surface area contributed by atoms with E-state index in [0.29, 0.717) is 0 Å². The summed E-state index contributed by atoms with van der Waals surface area (Å²) in [6.45, 7) is 12.0. The summed E-state index contributed by atoms with van der Waals surface area (Å²) in [7, 11) is 1.50. The van der Waals surface area contributed by atoms with Crippen molar-refractivity contribution in [1.82, 2.24) is 0 Å². The first-order valence-electron chi connectivity index (χ1n) is 5.49. The monoisotopic (exact) mass is 305 g/mol.